The van der Waals surface area contributed by atoms with Crippen LogP contribution in [0.15, 0.2) is 104 Å². The molecule has 1 nitrogen and oxygen atoms in total. The molecule has 0 fully saturated rings. The van der Waals surface area contributed by atoms with Gasteiger partial charge in [0, 0.05) is 0 Å². The average Bonchev–Trinajstić information content (AvgIpc) is 2.74. The van der Waals surface area contributed by atoms with Crippen molar-refractivity contribution < 1.29 is 4.74 Å². The van der Waals surface area contributed by atoms with Crippen molar-refractivity contribution in [1.82, 2.24) is 0 Å². The van der Waals surface area contributed by atoms with Gasteiger partial charge in [0.1, 0.15) is 5.75 Å². The first-order valence-corrected chi connectivity index (χ1v) is 10.5. The van der Waals surface area contributed by atoms with Crippen molar-refractivity contribution in [3.63, 3.8) is 0 Å². The number of benzene rings is 4. The molecule has 2 heteroatoms. The van der Waals surface area contributed by atoms with E-state index in [9.17, 15) is 0 Å². The smallest absolute Gasteiger partial charge is 0.154 e. The second-order valence-electron chi connectivity index (χ2n) is 6.51. The molecule has 0 atom stereocenters. The summed E-state index contributed by atoms with van der Waals surface area (Å²) in [4.78, 5) is 0. The van der Waals surface area contributed by atoms with Crippen molar-refractivity contribution >= 4 is 35.1 Å². The van der Waals surface area contributed by atoms with Gasteiger partial charge in [0.05, 0.1) is 7.11 Å². The molecule has 4 rings (SSSR count). The maximum Gasteiger partial charge on any atom is 0.154 e. The Labute approximate surface area is 162 Å². The van der Waals surface area contributed by atoms with Gasteiger partial charge in [-0.2, -0.15) is 0 Å². The van der Waals surface area contributed by atoms with Crippen LogP contribution < -0.4 is 15.1 Å². The summed E-state index contributed by atoms with van der Waals surface area (Å²) in [5.74, 6) is 0.882. The van der Waals surface area contributed by atoms with E-state index in [1.54, 1.807) is 7.11 Å². The van der Waals surface area contributed by atoms with Crippen LogP contribution in [0.25, 0.3) is 16.0 Å². The Balaban J connectivity index is 1.78. The fourth-order valence-corrected chi connectivity index (χ4v) is 5.93. The Morgan fingerprint density at radius 1 is 0.704 bits per heavy atom. The molecule has 4 aromatic carbocycles. The number of fused-ring (bicyclic) bond motifs is 1. The molecule has 0 bridgehead atoms. The predicted octanol–water partition coefficient (Wildman–Crippen LogP) is 4.71. The monoisotopic (exact) mass is 365 g/mol. The van der Waals surface area contributed by atoms with E-state index < -0.39 is 8.80 Å². The van der Waals surface area contributed by atoms with Crippen molar-refractivity contribution in [2.45, 2.75) is 0 Å². The fourth-order valence-electron chi connectivity index (χ4n) is 3.41. The lowest BCUT2D eigenvalue weighted by molar-refractivity contribution is 0.415. The van der Waals surface area contributed by atoms with Gasteiger partial charge in [0.15, 0.2) is 8.80 Å². The van der Waals surface area contributed by atoms with E-state index in [-0.39, 0.29) is 0 Å². The molecule has 0 saturated heterocycles. The number of ether oxygens (including phenoxy) is 1. The Hall–Kier alpha value is -3.10. The molecule has 27 heavy (non-hydrogen) atoms. The average molecular weight is 366 g/mol. The van der Waals surface area contributed by atoms with Crippen LogP contribution in [0, 0.1) is 0 Å². The van der Waals surface area contributed by atoms with Gasteiger partial charge in [-0.1, -0.05) is 101 Å². The highest BCUT2D eigenvalue weighted by atomic mass is 28.3. The second-order valence-corrected chi connectivity index (χ2v) is 9.02. The summed E-state index contributed by atoms with van der Waals surface area (Å²) in [6.45, 7) is 4.54. The fraction of sp³-hybridized carbons (Fsp3) is 0.0400. The Kier molecular flexibility index (Phi) is 4.90. The largest absolute Gasteiger partial charge is 0.497 e. The molecule has 0 N–H and O–H groups in total. The first-order valence-electron chi connectivity index (χ1n) is 9.01. The second kappa shape index (κ2) is 7.64. The minimum atomic E-state index is -1.13. The number of hydrogen-bond donors (Lipinski definition) is 0. The van der Waals surface area contributed by atoms with E-state index in [0.29, 0.717) is 0 Å². The van der Waals surface area contributed by atoms with E-state index in [0.717, 1.165) is 5.75 Å². The van der Waals surface area contributed by atoms with E-state index in [1.807, 2.05) is 6.07 Å². The highest BCUT2D eigenvalue weighted by molar-refractivity contribution is 6.99. The predicted molar refractivity (Wildman–Crippen MR) is 117 cm³/mol. The third-order valence-electron chi connectivity index (χ3n) is 4.82. The molecule has 0 spiro atoms. The Bertz CT molecular complexity index is 1030. The van der Waals surface area contributed by atoms with E-state index >= 15 is 0 Å². The number of methoxy groups -OCH3 is 1. The van der Waals surface area contributed by atoms with Crippen molar-refractivity contribution in [3.05, 3.63) is 109 Å². The van der Waals surface area contributed by atoms with Gasteiger partial charge in [-0.25, -0.2) is 0 Å². The third-order valence-corrected chi connectivity index (χ3v) is 7.54. The van der Waals surface area contributed by atoms with Crippen LogP contribution in [0.3, 0.4) is 0 Å². The zero-order valence-electron chi connectivity index (χ0n) is 15.4. The molecule has 0 amide bonds. The van der Waals surface area contributed by atoms with Gasteiger partial charge in [-0.05, 0) is 34.5 Å². The molecule has 131 valence electrons. The minimum Gasteiger partial charge on any atom is -0.497 e. The number of rotatable bonds is 5. The quantitative estimate of drug-likeness (QED) is 0.465. The highest BCUT2D eigenvalue weighted by Crippen LogP contribution is 2.25. The molecule has 0 aliphatic rings. The van der Waals surface area contributed by atoms with Gasteiger partial charge in [-0.3, -0.25) is 0 Å². The summed E-state index contributed by atoms with van der Waals surface area (Å²) in [7, 11) is 0.571. The summed E-state index contributed by atoms with van der Waals surface area (Å²) in [5.41, 5.74) is 1.20. The van der Waals surface area contributed by atoms with Crippen LogP contribution in [0.5, 0.6) is 5.75 Å². The molecule has 0 unspecified atom stereocenters. The Morgan fingerprint density at radius 3 is 1.85 bits per heavy atom. The van der Waals surface area contributed by atoms with Gasteiger partial charge < -0.3 is 4.74 Å². The Morgan fingerprint density at radius 2 is 1.26 bits per heavy atom. The van der Waals surface area contributed by atoms with Crippen LogP contribution in [-0.4, -0.2) is 15.9 Å². The first kappa shape index (κ1) is 17.3. The summed E-state index contributed by atoms with van der Waals surface area (Å²) in [6.07, 6.45) is 0. The van der Waals surface area contributed by atoms with Crippen molar-refractivity contribution in [2.75, 3.05) is 7.11 Å². The molecule has 4 aromatic rings. The summed E-state index contributed by atoms with van der Waals surface area (Å²) < 4.78 is 5.34. The summed E-state index contributed by atoms with van der Waals surface area (Å²) in [6, 6.07) is 34.3. The SMILES string of the molecule is C=C(c1ccc2cc(OC)ccc2c1)[Si](c1ccccc1)c1ccccc1. The molecule has 0 aliphatic heterocycles. The van der Waals surface area contributed by atoms with Crippen LogP contribution in [-0.2, 0) is 0 Å². The molecule has 0 aromatic heterocycles. The van der Waals surface area contributed by atoms with Crippen molar-refractivity contribution in [2.24, 2.45) is 0 Å². The maximum atomic E-state index is 5.34. The zero-order chi connectivity index (χ0) is 18.6. The van der Waals surface area contributed by atoms with Crippen LogP contribution in [0.2, 0.25) is 0 Å². The molecular formula is C25H21OSi. The maximum absolute atomic E-state index is 5.34. The van der Waals surface area contributed by atoms with E-state index in [1.165, 1.54) is 31.9 Å². The number of hydrogen-bond acceptors (Lipinski definition) is 1. The normalized spacial score (nSPS) is 10.9. The molecule has 1 radical (unpaired) electrons. The van der Waals surface area contributed by atoms with Crippen LogP contribution in [0.4, 0.5) is 0 Å². The van der Waals surface area contributed by atoms with Crippen molar-refractivity contribution in [1.29, 1.82) is 0 Å². The molecular weight excluding hydrogens is 344 g/mol. The van der Waals surface area contributed by atoms with Gasteiger partial charge in [0.2, 0.25) is 0 Å². The minimum absolute atomic E-state index is 0.882. The standard InChI is InChI=1S/C25H21OSi/c1-19(20-13-14-22-18-23(26-2)16-15-21(22)17-20)27(24-9-5-3-6-10-24)25-11-7-4-8-12-25/h3-18H,1H2,2H3. The van der Waals surface area contributed by atoms with E-state index in [2.05, 4.69) is 97.6 Å². The first-order chi connectivity index (χ1) is 13.3. The van der Waals surface area contributed by atoms with Gasteiger partial charge in [0.25, 0.3) is 0 Å². The molecule has 0 heterocycles. The lowest BCUT2D eigenvalue weighted by Gasteiger charge is -2.19. The topological polar surface area (TPSA) is 9.23 Å². The highest BCUT2D eigenvalue weighted by Gasteiger charge is 2.21. The lowest BCUT2D eigenvalue weighted by atomic mass is 10.1. The third kappa shape index (κ3) is 3.57. The zero-order valence-corrected chi connectivity index (χ0v) is 16.4. The van der Waals surface area contributed by atoms with Gasteiger partial charge >= 0.3 is 0 Å². The van der Waals surface area contributed by atoms with Crippen molar-refractivity contribution in [3.8, 4) is 5.75 Å². The lowest BCUT2D eigenvalue weighted by Crippen LogP contribution is -2.43. The van der Waals surface area contributed by atoms with Crippen LogP contribution in [0.1, 0.15) is 5.56 Å². The molecule has 0 aliphatic carbocycles. The summed E-state index contributed by atoms with van der Waals surface area (Å²) >= 11 is 0. The van der Waals surface area contributed by atoms with Gasteiger partial charge in [-0.15, -0.1) is 0 Å². The van der Waals surface area contributed by atoms with E-state index in [4.69, 9.17) is 4.74 Å². The summed E-state index contributed by atoms with van der Waals surface area (Å²) in [5, 5.41) is 6.30. The molecule has 0 saturated carbocycles. The van der Waals surface area contributed by atoms with Crippen LogP contribution >= 0.6 is 0 Å².